The standard InChI is InChI=1S/C42H54N14O6/c1-6-47-31(19-25(3)43)39(59)50-41-48-29-21-27(37(44)57)23-33(61-5)35(29)54(41)14-8-9-15-55-36-30(49-42(55)51-40(60)32-20-26(4)52-56(32)7-2)22-28(38(45)58)24-34(36)62-18-10-13-53-16-11-46-12-17-53/h8-9,19-24,46H,6-7,10-18,43H2,1-5H3,(H2,44,57)(H2,45,58)(H,48,50,59)(H,49,51,60)/b9-8+,25-19?,47-31?. The zero-order chi connectivity index (χ0) is 44.5. The van der Waals surface area contributed by atoms with E-state index < -0.39 is 23.6 Å². The molecule has 328 valence electrons. The molecule has 5 aromatic rings. The summed E-state index contributed by atoms with van der Waals surface area (Å²) in [5.41, 5.74) is 20.9. The van der Waals surface area contributed by atoms with Gasteiger partial charge in [0.25, 0.3) is 11.8 Å². The van der Waals surface area contributed by atoms with E-state index in [-0.39, 0.29) is 41.8 Å². The number of amides is 4. The molecule has 0 saturated carbocycles. The molecule has 3 aromatic heterocycles. The molecule has 4 amide bonds. The third kappa shape index (κ3) is 10.3. The molecule has 9 N–H and O–H groups in total. The van der Waals surface area contributed by atoms with Crippen molar-refractivity contribution >= 4 is 63.3 Å². The van der Waals surface area contributed by atoms with Crippen molar-refractivity contribution < 1.29 is 28.7 Å². The number of hydrogen-bond donors (Lipinski definition) is 6. The number of rotatable bonds is 19. The summed E-state index contributed by atoms with van der Waals surface area (Å²) in [7, 11) is 1.45. The zero-order valence-corrected chi connectivity index (χ0v) is 35.7. The van der Waals surface area contributed by atoms with Crippen LogP contribution < -0.4 is 42.6 Å². The number of benzene rings is 2. The monoisotopic (exact) mass is 850 g/mol. The molecule has 20 nitrogen and oxygen atoms in total. The number of fused-ring (bicyclic) bond motifs is 2. The first-order valence-electron chi connectivity index (χ1n) is 20.4. The molecular weight excluding hydrogens is 797 g/mol. The van der Waals surface area contributed by atoms with Crippen LogP contribution in [0.25, 0.3) is 22.1 Å². The highest BCUT2D eigenvalue weighted by Gasteiger charge is 2.23. The molecule has 0 atom stereocenters. The first kappa shape index (κ1) is 44.5. The van der Waals surface area contributed by atoms with Gasteiger partial charge in [-0.15, -0.1) is 0 Å². The van der Waals surface area contributed by atoms with E-state index in [0.29, 0.717) is 70.3 Å². The second-order valence-corrected chi connectivity index (χ2v) is 14.6. The minimum Gasteiger partial charge on any atom is -0.494 e. The van der Waals surface area contributed by atoms with Crippen molar-refractivity contribution in [1.29, 1.82) is 0 Å². The van der Waals surface area contributed by atoms with Crippen LogP contribution in [0.3, 0.4) is 0 Å². The number of allylic oxidation sites excluding steroid dienone is 3. The Labute approximate surface area is 358 Å². The lowest BCUT2D eigenvalue weighted by molar-refractivity contribution is -0.110. The lowest BCUT2D eigenvalue weighted by atomic mass is 10.1. The number of primary amides is 2. The number of ether oxygens (including phenoxy) is 2. The molecule has 1 saturated heterocycles. The number of anilines is 2. The number of imidazole rings is 2. The molecule has 62 heavy (non-hydrogen) atoms. The van der Waals surface area contributed by atoms with Gasteiger partial charge in [0.2, 0.25) is 23.7 Å². The van der Waals surface area contributed by atoms with Gasteiger partial charge in [-0.2, -0.15) is 5.10 Å². The number of piperazine rings is 1. The lowest BCUT2D eigenvalue weighted by Crippen LogP contribution is -2.43. The molecule has 0 spiro atoms. The summed E-state index contributed by atoms with van der Waals surface area (Å²) >= 11 is 0. The summed E-state index contributed by atoms with van der Waals surface area (Å²) in [5, 5.41) is 13.6. The first-order valence-corrected chi connectivity index (χ1v) is 20.4. The number of hydrogen-bond acceptors (Lipinski definition) is 13. The van der Waals surface area contributed by atoms with Crippen LogP contribution in [0.5, 0.6) is 11.5 Å². The van der Waals surface area contributed by atoms with Gasteiger partial charge in [-0.05, 0) is 70.5 Å². The second kappa shape index (κ2) is 20.0. The van der Waals surface area contributed by atoms with Gasteiger partial charge in [-0.25, -0.2) is 9.97 Å². The topological polar surface area (TPSA) is 270 Å². The SMILES string of the molecule is CCN=C(C=C(C)N)C(=O)Nc1nc2cc(C(N)=O)cc(OC)c2n1C/C=C/Cn1c(NC(=O)c2cc(C)nn2CC)nc2cc(C(N)=O)cc(OCCCN3CCNCC3)c21. The van der Waals surface area contributed by atoms with E-state index in [4.69, 9.17) is 31.7 Å². The van der Waals surface area contributed by atoms with Gasteiger partial charge < -0.3 is 46.0 Å². The highest BCUT2D eigenvalue weighted by Crippen LogP contribution is 2.33. The van der Waals surface area contributed by atoms with Crippen LogP contribution >= 0.6 is 0 Å². The van der Waals surface area contributed by atoms with E-state index in [1.807, 2.05) is 26.0 Å². The molecule has 0 bridgehead atoms. The molecule has 1 aliphatic rings. The van der Waals surface area contributed by atoms with E-state index in [1.54, 1.807) is 45.9 Å². The summed E-state index contributed by atoms with van der Waals surface area (Å²) in [6, 6.07) is 7.88. The number of nitrogens with zero attached hydrogens (tertiary/aromatic N) is 8. The van der Waals surface area contributed by atoms with Crippen molar-refractivity contribution in [2.75, 3.05) is 63.6 Å². The molecule has 2 aromatic carbocycles. The van der Waals surface area contributed by atoms with E-state index in [1.165, 1.54) is 25.3 Å². The molecule has 6 rings (SSSR count). The summed E-state index contributed by atoms with van der Waals surface area (Å²) < 4.78 is 17.2. The molecule has 1 aliphatic heterocycles. The number of nitrogens with two attached hydrogens (primary N) is 3. The Bertz CT molecular complexity index is 2570. The fourth-order valence-electron chi connectivity index (χ4n) is 7.19. The van der Waals surface area contributed by atoms with Crippen LogP contribution in [0.4, 0.5) is 11.9 Å². The normalized spacial score (nSPS) is 13.9. The van der Waals surface area contributed by atoms with Crippen LogP contribution in [0, 0.1) is 6.92 Å². The van der Waals surface area contributed by atoms with Gasteiger partial charge in [0.1, 0.15) is 33.9 Å². The maximum Gasteiger partial charge on any atom is 0.276 e. The fraction of sp³-hybridized carbons (Fsp3) is 0.381. The maximum atomic E-state index is 13.8. The summed E-state index contributed by atoms with van der Waals surface area (Å²) in [6.45, 7) is 13.2. The zero-order valence-electron chi connectivity index (χ0n) is 35.7. The largest absolute Gasteiger partial charge is 0.494 e. The van der Waals surface area contributed by atoms with Crippen LogP contribution in [0.15, 0.2) is 59.2 Å². The summed E-state index contributed by atoms with van der Waals surface area (Å²) in [5.74, 6) is -1.31. The maximum absolute atomic E-state index is 13.8. The average molecular weight is 851 g/mol. The van der Waals surface area contributed by atoms with Crippen molar-refractivity contribution in [1.82, 2.24) is 39.1 Å². The number of aliphatic imine (C=N–C) groups is 1. The molecule has 0 radical (unpaired) electrons. The van der Waals surface area contributed by atoms with Gasteiger partial charge in [0.05, 0.1) is 30.4 Å². The highest BCUT2D eigenvalue weighted by molar-refractivity contribution is 6.47. The number of aromatic nitrogens is 6. The molecular formula is C42H54N14O6. The van der Waals surface area contributed by atoms with Crippen LogP contribution in [0.1, 0.15) is 64.1 Å². The number of aryl methyl sites for hydroxylation is 2. The van der Waals surface area contributed by atoms with E-state index in [2.05, 4.69) is 35.9 Å². The van der Waals surface area contributed by atoms with Crippen molar-refractivity contribution in [3.8, 4) is 11.5 Å². The Morgan fingerprint density at radius 2 is 1.47 bits per heavy atom. The second-order valence-electron chi connectivity index (χ2n) is 14.6. The van der Waals surface area contributed by atoms with E-state index in [0.717, 1.165) is 39.1 Å². The molecule has 0 aliphatic carbocycles. The van der Waals surface area contributed by atoms with Crippen LogP contribution in [-0.2, 0) is 24.4 Å². The minimum absolute atomic E-state index is 0.103. The smallest absolute Gasteiger partial charge is 0.276 e. The predicted molar refractivity (Wildman–Crippen MR) is 237 cm³/mol. The van der Waals surface area contributed by atoms with Gasteiger partial charge in [0.15, 0.2) is 0 Å². The van der Waals surface area contributed by atoms with Crippen molar-refractivity contribution in [3.63, 3.8) is 0 Å². The van der Waals surface area contributed by atoms with Gasteiger partial charge in [-0.1, -0.05) is 12.2 Å². The summed E-state index contributed by atoms with van der Waals surface area (Å²) in [6.07, 6.45) is 5.88. The molecule has 0 unspecified atom stereocenters. The predicted octanol–water partition coefficient (Wildman–Crippen LogP) is 2.56. The Morgan fingerprint density at radius 1 is 0.871 bits per heavy atom. The quantitative estimate of drug-likeness (QED) is 0.0398. The highest BCUT2D eigenvalue weighted by atomic mass is 16.5. The Hall–Kier alpha value is -7.06. The summed E-state index contributed by atoms with van der Waals surface area (Å²) in [4.78, 5) is 68.2. The van der Waals surface area contributed by atoms with Crippen molar-refractivity contribution in [2.24, 2.45) is 22.2 Å². The van der Waals surface area contributed by atoms with Gasteiger partial charge in [-0.3, -0.25) is 39.5 Å². The van der Waals surface area contributed by atoms with E-state index >= 15 is 0 Å². The lowest BCUT2D eigenvalue weighted by Gasteiger charge is -2.27. The van der Waals surface area contributed by atoms with E-state index in [9.17, 15) is 19.2 Å². The number of carbonyl (C=O) groups is 4. The third-order valence-electron chi connectivity index (χ3n) is 10.0. The molecule has 4 heterocycles. The number of methoxy groups -OCH3 is 1. The van der Waals surface area contributed by atoms with Gasteiger partial charge >= 0.3 is 0 Å². The fourth-order valence-corrected chi connectivity index (χ4v) is 7.19. The Balaban J connectivity index is 1.39. The Morgan fingerprint density at radius 3 is 2.03 bits per heavy atom. The number of carbonyl (C=O) groups excluding carboxylic acids is 4. The number of nitrogens with one attached hydrogen (secondary N) is 3. The third-order valence-corrected chi connectivity index (χ3v) is 10.0. The molecule has 1 fully saturated rings. The van der Waals surface area contributed by atoms with Crippen molar-refractivity contribution in [3.05, 3.63) is 76.8 Å². The van der Waals surface area contributed by atoms with Crippen LogP contribution in [-0.4, -0.2) is 116 Å². The Kier molecular flexibility index (Phi) is 14.4. The molecule has 20 heteroatoms. The minimum atomic E-state index is -0.679. The van der Waals surface area contributed by atoms with Crippen molar-refractivity contribution in [2.45, 2.75) is 53.8 Å². The van der Waals surface area contributed by atoms with Crippen LogP contribution in [0.2, 0.25) is 0 Å². The average Bonchev–Trinajstić information content (AvgIpc) is 3.92. The van der Waals surface area contributed by atoms with Gasteiger partial charge in [0, 0.05) is 75.7 Å². The first-order chi connectivity index (χ1) is 29.8.